The third-order valence-electron chi connectivity index (χ3n) is 5.44. The number of hydrogen-bond acceptors (Lipinski definition) is 5. The Morgan fingerprint density at radius 2 is 1.92 bits per heavy atom. The van der Waals surface area contributed by atoms with Crippen LogP contribution in [0.3, 0.4) is 0 Å². The van der Waals surface area contributed by atoms with Gasteiger partial charge in [-0.05, 0) is 24.1 Å². The molecule has 0 aromatic heterocycles. The molecule has 2 atom stereocenters. The molecule has 24 heavy (non-hydrogen) atoms. The number of imide groups is 1. The number of aliphatic hydroxyl groups excluding tert-OH is 1. The summed E-state index contributed by atoms with van der Waals surface area (Å²) in [4.78, 5) is 30.3. The van der Waals surface area contributed by atoms with Gasteiger partial charge in [-0.25, -0.2) is 4.39 Å². The minimum atomic E-state index is -0.717. The molecule has 7 heteroatoms. The Bertz CT molecular complexity index is 687. The van der Waals surface area contributed by atoms with Crippen LogP contribution in [-0.4, -0.2) is 76.0 Å². The summed E-state index contributed by atoms with van der Waals surface area (Å²) in [5, 5.41) is 9.96. The SMILES string of the molecule is CN1C(=O)[C@@H]2C[C@@H](O)CN2C2(CN(Cc3ccc(F)cc3)C2)C1=O. The van der Waals surface area contributed by atoms with Crippen molar-refractivity contribution in [3.05, 3.63) is 35.6 Å². The molecule has 0 unspecified atom stereocenters. The molecule has 3 aliphatic heterocycles. The maximum Gasteiger partial charge on any atom is 0.252 e. The fourth-order valence-corrected chi connectivity index (χ4v) is 4.25. The second-order valence-corrected chi connectivity index (χ2v) is 7.06. The van der Waals surface area contributed by atoms with Crippen LogP contribution in [0.4, 0.5) is 4.39 Å². The van der Waals surface area contributed by atoms with E-state index in [1.54, 1.807) is 12.1 Å². The monoisotopic (exact) mass is 333 g/mol. The van der Waals surface area contributed by atoms with E-state index in [2.05, 4.69) is 4.90 Å². The predicted molar refractivity (Wildman–Crippen MR) is 83.3 cm³/mol. The Morgan fingerprint density at radius 3 is 2.58 bits per heavy atom. The lowest BCUT2D eigenvalue weighted by atomic mass is 9.82. The number of fused-ring (bicyclic) bond motifs is 2. The third kappa shape index (κ3) is 2.19. The van der Waals surface area contributed by atoms with Crippen molar-refractivity contribution in [3.8, 4) is 0 Å². The number of amides is 2. The van der Waals surface area contributed by atoms with Gasteiger partial charge in [0, 0.05) is 33.2 Å². The molecule has 1 spiro atoms. The molecule has 1 aromatic rings. The van der Waals surface area contributed by atoms with Gasteiger partial charge in [-0.3, -0.25) is 24.3 Å². The number of likely N-dealkylation sites (tertiary alicyclic amines) is 1. The van der Waals surface area contributed by atoms with Gasteiger partial charge >= 0.3 is 0 Å². The van der Waals surface area contributed by atoms with Crippen molar-refractivity contribution in [3.63, 3.8) is 0 Å². The molecule has 2 amide bonds. The van der Waals surface area contributed by atoms with Gasteiger partial charge in [0.05, 0.1) is 12.1 Å². The van der Waals surface area contributed by atoms with Gasteiger partial charge < -0.3 is 5.11 Å². The van der Waals surface area contributed by atoms with E-state index in [-0.39, 0.29) is 17.6 Å². The van der Waals surface area contributed by atoms with Crippen LogP contribution in [0.1, 0.15) is 12.0 Å². The van der Waals surface area contributed by atoms with Crippen molar-refractivity contribution >= 4 is 11.8 Å². The molecule has 0 bridgehead atoms. The van der Waals surface area contributed by atoms with Gasteiger partial charge in [0.1, 0.15) is 11.4 Å². The predicted octanol–water partition coefficient (Wildman–Crippen LogP) is -0.186. The molecule has 0 saturated carbocycles. The summed E-state index contributed by atoms with van der Waals surface area (Å²) >= 11 is 0. The standard InChI is InChI=1S/C17H20FN3O3/c1-19-15(23)14-6-13(22)8-21(14)17(16(19)24)9-20(10-17)7-11-2-4-12(18)5-3-11/h2-5,13-14,22H,6-10H2,1H3/t13-,14+/m1/s1. The van der Waals surface area contributed by atoms with Crippen molar-refractivity contribution in [2.75, 3.05) is 26.7 Å². The van der Waals surface area contributed by atoms with E-state index in [0.29, 0.717) is 32.6 Å². The van der Waals surface area contributed by atoms with Crippen molar-refractivity contribution in [2.24, 2.45) is 0 Å². The van der Waals surface area contributed by atoms with Crippen LogP contribution in [0.25, 0.3) is 0 Å². The van der Waals surface area contributed by atoms with Gasteiger partial charge in [0.2, 0.25) is 5.91 Å². The number of aliphatic hydroxyl groups is 1. The maximum absolute atomic E-state index is 13.0. The zero-order valence-corrected chi connectivity index (χ0v) is 13.5. The minimum absolute atomic E-state index is 0.187. The number of carbonyl (C=O) groups is 2. The highest BCUT2D eigenvalue weighted by atomic mass is 19.1. The van der Waals surface area contributed by atoms with Gasteiger partial charge in [0.15, 0.2) is 0 Å². The number of piperazine rings is 1. The quantitative estimate of drug-likeness (QED) is 0.761. The molecule has 3 aliphatic rings. The second-order valence-electron chi connectivity index (χ2n) is 7.06. The van der Waals surface area contributed by atoms with E-state index in [0.717, 1.165) is 5.56 Å². The molecule has 3 fully saturated rings. The zero-order chi connectivity index (χ0) is 17.1. The minimum Gasteiger partial charge on any atom is -0.392 e. The van der Waals surface area contributed by atoms with E-state index in [1.165, 1.54) is 24.1 Å². The van der Waals surface area contributed by atoms with Gasteiger partial charge in [0.25, 0.3) is 5.91 Å². The van der Waals surface area contributed by atoms with Crippen molar-refractivity contribution in [1.29, 1.82) is 0 Å². The largest absolute Gasteiger partial charge is 0.392 e. The molecule has 4 rings (SSSR count). The molecule has 1 N–H and O–H groups in total. The first-order valence-corrected chi connectivity index (χ1v) is 8.14. The van der Waals surface area contributed by atoms with Gasteiger partial charge in [-0.15, -0.1) is 0 Å². The lowest BCUT2D eigenvalue weighted by Crippen LogP contribution is -2.80. The molecule has 3 saturated heterocycles. The summed E-state index contributed by atoms with van der Waals surface area (Å²) in [5.41, 5.74) is 0.266. The molecule has 3 heterocycles. The molecular formula is C17H20FN3O3. The number of likely N-dealkylation sites (N-methyl/N-ethyl adjacent to an activating group) is 1. The number of rotatable bonds is 2. The Morgan fingerprint density at radius 1 is 1.25 bits per heavy atom. The molecule has 6 nitrogen and oxygen atoms in total. The Kier molecular flexibility index (Phi) is 3.49. The van der Waals surface area contributed by atoms with Crippen LogP contribution in [0, 0.1) is 5.82 Å². The van der Waals surface area contributed by atoms with Crippen LogP contribution in [-0.2, 0) is 16.1 Å². The highest BCUT2D eigenvalue weighted by molar-refractivity contribution is 6.05. The number of hydrogen-bond donors (Lipinski definition) is 1. The normalized spacial score (nSPS) is 29.9. The summed E-state index contributed by atoms with van der Waals surface area (Å²) in [7, 11) is 1.52. The summed E-state index contributed by atoms with van der Waals surface area (Å²) in [5.74, 6) is -0.678. The van der Waals surface area contributed by atoms with Gasteiger partial charge in [-0.1, -0.05) is 12.1 Å². The van der Waals surface area contributed by atoms with Gasteiger partial charge in [-0.2, -0.15) is 0 Å². The fourth-order valence-electron chi connectivity index (χ4n) is 4.25. The summed E-state index contributed by atoms with van der Waals surface area (Å²) in [6.07, 6.45) is -0.183. The van der Waals surface area contributed by atoms with E-state index >= 15 is 0 Å². The molecule has 1 aromatic carbocycles. The summed E-state index contributed by atoms with van der Waals surface area (Å²) in [6, 6.07) is 5.92. The van der Waals surface area contributed by atoms with Crippen LogP contribution >= 0.6 is 0 Å². The molecule has 0 aliphatic carbocycles. The van der Waals surface area contributed by atoms with Crippen molar-refractivity contribution in [1.82, 2.24) is 14.7 Å². The first kappa shape index (κ1) is 15.7. The number of carbonyl (C=O) groups excluding carboxylic acids is 2. The second kappa shape index (κ2) is 5.34. The Labute approximate surface area is 139 Å². The van der Waals surface area contributed by atoms with E-state index in [1.807, 2.05) is 4.90 Å². The molecule has 0 radical (unpaired) electrons. The number of β-amino-alcohol motifs (C(OH)–C–C–N with tert-alkyl or cyclic N) is 1. The smallest absolute Gasteiger partial charge is 0.252 e. The zero-order valence-electron chi connectivity index (χ0n) is 13.5. The van der Waals surface area contributed by atoms with E-state index in [4.69, 9.17) is 0 Å². The fraction of sp³-hybridized carbons (Fsp3) is 0.529. The number of benzene rings is 1. The van der Waals surface area contributed by atoms with Crippen LogP contribution in [0.15, 0.2) is 24.3 Å². The maximum atomic E-state index is 13.0. The first-order chi connectivity index (χ1) is 11.4. The third-order valence-corrected chi connectivity index (χ3v) is 5.44. The lowest BCUT2D eigenvalue weighted by Gasteiger charge is -2.58. The highest BCUT2D eigenvalue weighted by Gasteiger charge is 2.63. The van der Waals surface area contributed by atoms with E-state index < -0.39 is 17.7 Å². The van der Waals surface area contributed by atoms with Crippen LogP contribution < -0.4 is 0 Å². The Hall–Kier alpha value is -1.83. The molecule has 128 valence electrons. The van der Waals surface area contributed by atoms with Crippen molar-refractivity contribution in [2.45, 2.75) is 30.7 Å². The first-order valence-electron chi connectivity index (χ1n) is 8.14. The topological polar surface area (TPSA) is 64.1 Å². The average molecular weight is 333 g/mol. The average Bonchev–Trinajstić information content (AvgIpc) is 2.91. The lowest BCUT2D eigenvalue weighted by molar-refractivity contribution is -0.178. The number of halogens is 1. The van der Waals surface area contributed by atoms with Crippen LogP contribution in [0.2, 0.25) is 0 Å². The summed E-state index contributed by atoms with van der Waals surface area (Å²) in [6.45, 7) is 2.03. The van der Waals surface area contributed by atoms with Crippen molar-refractivity contribution < 1.29 is 19.1 Å². The van der Waals surface area contributed by atoms with Crippen LogP contribution in [0.5, 0.6) is 0 Å². The van der Waals surface area contributed by atoms with E-state index in [9.17, 15) is 19.1 Å². The molecular weight excluding hydrogens is 313 g/mol. The number of nitrogens with zero attached hydrogens (tertiary/aromatic N) is 3. The Balaban J connectivity index is 1.52. The highest BCUT2D eigenvalue weighted by Crippen LogP contribution is 2.40. The summed E-state index contributed by atoms with van der Waals surface area (Å²) < 4.78 is 13.0.